The van der Waals surface area contributed by atoms with Crippen LogP contribution < -0.4 is 5.32 Å². The summed E-state index contributed by atoms with van der Waals surface area (Å²) in [7, 11) is 0. The number of carbonyl (C=O) groups is 1. The fraction of sp³-hybridized carbons (Fsp3) is 0.471. The van der Waals surface area contributed by atoms with E-state index in [9.17, 15) is 10.1 Å². The summed E-state index contributed by atoms with van der Waals surface area (Å²) < 4.78 is 1.93. The third kappa shape index (κ3) is 2.82. The minimum Gasteiger partial charge on any atom is -0.337 e. The molecule has 0 saturated heterocycles. The smallest absolute Gasteiger partial charge is 0.227 e. The predicted octanol–water partition coefficient (Wildman–Crippen LogP) is 2.53. The van der Waals surface area contributed by atoms with Crippen LogP contribution in [0.25, 0.3) is 5.65 Å². The van der Waals surface area contributed by atoms with Crippen molar-refractivity contribution in [2.24, 2.45) is 0 Å². The Bertz CT molecular complexity index is 735. The van der Waals surface area contributed by atoms with Crippen molar-refractivity contribution < 1.29 is 4.79 Å². The molecule has 1 aliphatic rings. The van der Waals surface area contributed by atoms with Gasteiger partial charge in [-0.1, -0.05) is 25.3 Å². The molecule has 0 radical (unpaired) electrons. The van der Waals surface area contributed by atoms with Crippen LogP contribution in [0.3, 0.4) is 0 Å². The van der Waals surface area contributed by atoms with Gasteiger partial charge >= 0.3 is 0 Å². The number of nitrogens with one attached hydrogen (secondary N) is 1. The molecule has 0 atom stereocenters. The van der Waals surface area contributed by atoms with Crippen LogP contribution in [-0.4, -0.2) is 20.8 Å². The highest BCUT2D eigenvalue weighted by Crippen LogP contribution is 2.27. The largest absolute Gasteiger partial charge is 0.337 e. The molecule has 0 unspecified atom stereocenters. The lowest BCUT2D eigenvalue weighted by atomic mass is 9.83. The van der Waals surface area contributed by atoms with E-state index in [0.29, 0.717) is 0 Å². The van der Waals surface area contributed by atoms with Gasteiger partial charge in [0.2, 0.25) is 5.91 Å². The first-order valence-corrected chi connectivity index (χ1v) is 7.77. The van der Waals surface area contributed by atoms with E-state index in [1.807, 2.05) is 35.9 Å². The quantitative estimate of drug-likeness (QED) is 0.946. The second-order valence-corrected chi connectivity index (χ2v) is 6.13. The summed E-state index contributed by atoms with van der Waals surface area (Å²) in [6.07, 6.45) is 8.66. The van der Waals surface area contributed by atoms with E-state index >= 15 is 0 Å². The van der Waals surface area contributed by atoms with Crippen LogP contribution in [0.5, 0.6) is 0 Å². The van der Waals surface area contributed by atoms with E-state index in [-0.39, 0.29) is 12.3 Å². The van der Waals surface area contributed by atoms with Crippen molar-refractivity contribution in [3.8, 4) is 6.07 Å². The molecule has 0 aliphatic heterocycles. The van der Waals surface area contributed by atoms with Crippen molar-refractivity contribution in [1.29, 1.82) is 5.26 Å². The highest BCUT2D eigenvalue weighted by molar-refractivity contribution is 5.79. The summed E-state index contributed by atoms with van der Waals surface area (Å²) in [5.74, 6) is -0.121. The molecule has 1 aliphatic carbocycles. The van der Waals surface area contributed by atoms with Gasteiger partial charge in [-0.3, -0.25) is 4.79 Å². The molecule has 1 fully saturated rings. The highest BCUT2D eigenvalue weighted by atomic mass is 16.1. The average molecular weight is 296 g/mol. The van der Waals surface area contributed by atoms with Crippen molar-refractivity contribution in [2.75, 3.05) is 0 Å². The maximum Gasteiger partial charge on any atom is 0.227 e. The molecule has 5 heteroatoms. The van der Waals surface area contributed by atoms with E-state index in [2.05, 4.69) is 16.4 Å². The van der Waals surface area contributed by atoms with Gasteiger partial charge in [-0.25, -0.2) is 4.98 Å². The lowest BCUT2D eigenvalue weighted by Gasteiger charge is -2.31. The van der Waals surface area contributed by atoms with Crippen LogP contribution in [-0.2, 0) is 11.2 Å². The van der Waals surface area contributed by atoms with Gasteiger partial charge in [0, 0.05) is 12.4 Å². The summed E-state index contributed by atoms with van der Waals surface area (Å²) in [5.41, 5.74) is 2.01. The molecule has 0 spiro atoms. The first-order valence-electron chi connectivity index (χ1n) is 7.77. The number of imidazole rings is 1. The summed E-state index contributed by atoms with van der Waals surface area (Å²) in [6, 6.07) is 6.27. The maximum absolute atomic E-state index is 12.3. The van der Waals surface area contributed by atoms with Crippen molar-refractivity contribution in [2.45, 2.75) is 51.0 Å². The Morgan fingerprint density at radius 3 is 2.91 bits per heavy atom. The minimum absolute atomic E-state index is 0.121. The number of rotatable bonds is 3. The van der Waals surface area contributed by atoms with Crippen LogP contribution in [0.2, 0.25) is 0 Å². The number of aryl methyl sites for hydroxylation is 1. The Hall–Kier alpha value is -2.35. The van der Waals surface area contributed by atoms with Crippen LogP contribution >= 0.6 is 0 Å². The third-order valence-electron chi connectivity index (χ3n) is 4.37. The lowest BCUT2D eigenvalue weighted by Crippen LogP contribution is -2.49. The Kier molecular flexibility index (Phi) is 3.84. The number of pyridine rings is 1. The van der Waals surface area contributed by atoms with E-state index in [0.717, 1.165) is 49.0 Å². The molecule has 1 amide bonds. The number of nitrogens with zero attached hydrogens (tertiary/aromatic N) is 3. The summed E-state index contributed by atoms with van der Waals surface area (Å²) in [6.45, 7) is 2.00. The summed E-state index contributed by atoms with van der Waals surface area (Å²) >= 11 is 0. The molecule has 1 N–H and O–H groups in total. The van der Waals surface area contributed by atoms with Crippen molar-refractivity contribution in [3.05, 3.63) is 35.8 Å². The van der Waals surface area contributed by atoms with E-state index in [1.165, 1.54) is 0 Å². The van der Waals surface area contributed by atoms with Crippen LogP contribution in [0, 0.1) is 18.3 Å². The molecule has 0 aromatic carbocycles. The van der Waals surface area contributed by atoms with Crippen molar-refractivity contribution in [3.63, 3.8) is 0 Å². The number of aromatic nitrogens is 2. The maximum atomic E-state index is 12.3. The monoisotopic (exact) mass is 296 g/mol. The summed E-state index contributed by atoms with van der Waals surface area (Å²) in [5, 5.41) is 12.4. The number of hydrogen-bond donors (Lipinski definition) is 1. The van der Waals surface area contributed by atoms with Gasteiger partial charge in [0.15, 0.2) is 0 Å². The molecule has 3 rings (SSSR count). The van der Waals surface area contributed by atoms with Gasteiger partial charge in [-0.05, 0) is 31.4 Å². The predicted molar refractivity (Wildman–Crippen MR) is 83.2 cm³/mol. The molecule has 1 saturated carbocycles. The van der Waals surface area contributed by atoms with Crippen LogP contribution in [0.4, 0.5) is 0 Å². The molecule has 0 bridgehead atoms. The van der Waals surface area contributed by atoms with Gasteiger partial charge in [0.05, 0.1) is 18.2 Å². The van der Waals surface area contributed by atoms with Gasteiger partial charge in [-0.2, -0.15) is 5.26 Å². The number of fused-ring (bicyclic) bond motifs is 1. The van der Waals surface area contributed by atoms with Gasteiger partial charge in [-0.15, -0.1) is 0 Å². The number of hydrogen-bond acceptors (Lipinski definition) is 3. The van der Waals surface area contributed by atoms with Crippen LogP contribution in [0.1, 0.15) is 43.4 Å². The SMILES string of the molecule is Cc1cccn2cc(CC(=O)NC3(C#N)CCCCC3)nc12. The average Bonchev–Trinajstić information content (AvgIpc) is 2.92. The number of amides is 1. The molecule has 2 aromatic rings. The zero-order valence-corrected chi connectivity index (χ0v) is 12.8. The normalized spacial score (nSPS) is 17.1. The number of nitriles is 1. The van der Waals surface area contributed by atoms with Gasteiger partial charge in [0.25, 0.3) is 0 Å². The van der Waals surface area contributed by atoms with Crippen molar-refractivity contribution in [1.82, 2.24) is 14.7 Å². The van der Waals surface area contributed by atoms with Crippen LogP contribution in [0.15, 0.2) is 24.5 Å². The Morgan fingerprint density at radius 1 is 1.45 bits per heavy atom. The zero-order chi connectivity index (χ0) is 15.6. The Balaban J connectivity index is 1.73. The topological polar surface area (TPSA) is 70.2 Å². The lowest BCUT2D eigenvalue weighted by molar-refractivity contribution is -0.122. The van der Waals surface area contributed by atoms with Crippen molar-refractivity contribution >= 4 is 11.6 Å². The number of carbonyl (C=O) groups excluding carboxylic acids is 1. The molecule has 2 heterocycles. The second-order valence-electron chi connectivity index (χ2n) is 6.13. The third-order valence-corrected chi connectivity index (χ3v) is 4.37. The Morgan fingerprint density at radius 2 is 2.23 bits per heavy atom. The molecule has 2 aromatic heterocycles. The molecule has 22 heavy (non-hydrogen) atoms. The standard InChI is InChI=1S/C17H20N4O/c1-13-6-5-9-21-11-14(19-16(13)21)10-15(22)20-17(12-18)7-3-2-4-8-17/h5-6,9,11H,2-4,7-8,10H2,1H3,(H,20,22). The summed E-state index contributed by atoms with van der Waals surface area (Å²) in [4.78, 5) is 16.8. The fourth-order valence-electron chi connectivity index (χ4n) is 3.19. The highest BCUT2D eigenvalue weighted by Gasteiger charge is 2.33. The first-order chi connectivity index (χ1) is 10.6. The van der Waals surface area contributed by atoms with E-state index in [1.54, 1.807) is 0 Å². The molecule has 5 nitrogen and oxygen atoms in total. The minimum atomic E-state index is -0.676. The fourth-order valence-corrected chi connectivity index (χ4v) is 3.19. The van der Waals surface area contributed by atoms with E-state index < -0.39 is 5.54 Å². The molecular formula is C17H20N4O. The van der Waals surface area contributed by atoms with Gasteiger partial charge < -0.3 is 9.72 Å². The van der Waals surface area contributed by atoms with Gasteiger partial charge in [0.1, 0.15) is 11.2 Å². The second kappa shape index (κ2) is 5.80. The molecule has 114 valence electrons. The first kappa shape index (κ1) is 14.6. The Labute approximate surface area is 130 Å². The van der Waals surface area contributed by atoms with E-state index in [4.69, 9.17) is 0 Å². The zero-order valence-electron chi connectivity index (χ0n) is 12.8. The molecular weight excluding hydrogens is 276 g/mol.